The molecule has 1 radical (unpaired) electrons. The average molecular weight is 263 g/mol. The van der Waals surface area contributed by atoms with Crippen LogP contribution in [0.2, 0.25) is 0 Å². The summed E-state index contributed by atoms with van der Waals surface area (Å²) >= 11 is 0. The zero-order chi connectivity index (χ0) is 13.8. The minimum absolute atomic E-state index is 0.0742. The van der Waals surface area contributed by atoms with E-state index in [9.17, 15) is 10.1 Å². The fraction of sp³-hybridized carbons (Fsp3) is 0.500. The summed E-state index contributed by atoms with van der Waals surface area (Å²) in [6, 6.07) is 6.39. The normalized spacial score (nSPS) is 19.8. The van der Waals surface area contributed by atoms with Gasteiger partial charge in [-0.05, 0) is 18.4 Å². The van der Waals surface area contributed by atoms with E-state index in [4.69, 9.17) is 4.74 Å². The standard InChI is InChI=1S/C14H19N2O3/c1-11(2)9-15-7-6-14(10-15)19-13-5-3-4-12(8-13)16(17)18/h3-5,8,14H,6-7,9-10H2,1-2H3. The Kier molecular flexibility index (Phi) is 4.37. The molecule has 1 unspecified atom stereocenters. The number of non-ortho nitro benzene ring substituents is 1. The van der Waals surface area contributed by atoms with Gasteiger partial charge >= 0.3 is 0 Å². The minimum Gasteiger partial charge on any atom is -0.489 e. The zero-order valence-corrected chi connectivity index (χ0v) is 11.3. The lowest BCUT2D eigenvalue weighted by Gasteiger charge is -2.18. The number of hydrogen-bond donors (Lipinski definition) is 0. The number of rotatable bonds is 5. The Hall–Kier alpha value is -1.62. The molecule has 1 saturated heterocycles. The van der Waals surface area contributed by atoms with E-state index in [1.54, 1.807) is 12.1 Å². The Morgan fingerprint density at radius 1 is 1.53 bits per heavy atom. The fourth-order valence-corrected chi connectivity index (χ4v) is 2.35. The number of hydrogen-bond acceptors (Lipinski definition) is 4. The predicted molar refractivity (Wildman–Crippen MR) is 73.2 cm³/mol. The second-order valence-corrected chi connectivity index (χ2v) is 5.23. The van der Waals surface area contributed by atoms with Crippen molar-refractivity contribution < 1.29 is 9.66 Å². The molecule has 0 aliphatic carbocycles. The third-order valence-corrected chi connectivity index (χ3v) is 3.10. The molecular formula is C14H19N2O3. The van der Waals surface area contributed by atoms with Crippen LogP contribution in [0.15, 0.2) is 24.3 Å². The molecule has 0 N–H and O–H groups in total. The number of benzene rings is 1. The number of likely N-dealkylation sites (tertiary alicyclic amines) is 1. The van der Waals surface area contributed by atoms with Gasteiger partial charge in [-0.3, -0.25) is 15.0 Å². The second-order valence-electron chi connectivity index (χ2n) is 5.23. The number of nitro benzene ring substituents is 1. The summed E-state index contributed by atoms with van der Waals surface area (Å²) in [4.78, 5) is 12.6. The lowest BCUT2D eigenvalue weighted by Crippen LogP contribution is -2.27. The van der Waals surface area contributed by atoms with E-state index in [1.807, 2.05) is 0 Å². The maximum absolute atomic E-state index is 10.7. The van der Waals surface area contributed by atoms with Crippen LogP contribution in [-0.4, -0.2) is 35.6 Å². The van der Waals surface area contributed by atoms with E-state index in [2.05, 4.69) is 18.7 Å². The molecule has 103 valence electrons. The van der Waals surface area contributed by atoms with E-state index in [1.165, 1.54) is 18.1 Å². The van der Waals surface area contributed by atoms with E-state index >= 15 is 0 Å². The fourth-order valence-electron chi connectivity index (χ4n) is 2.35. The molecule has 0 amide bonds. The molecule has 0 spiro atoms. The van der Waals surface area contributed by atoms with Gasteiger partial charge in [0.25, 0.3) is 5.69 Å². The summed E-state index contributed by atoms with van der Waals surface area (Å²) in [5, 5.41) is 10.7. The first-order chi connectivity index (χ1) is 9.04. The Labute approximate surface area is 113 Å². The molecule has 1 aromatic rings. The monoisotopic (exact) mass is 263 g/mol. The molecule has 0 bridgehead atoms. The first-order valence-corrected chi connectivity index (χ1v) is 6.47. The van der Waals surface area contributed by atoms with Crippen LogP contribution in [-0.2, 0) is 0 Å². The van der Waals surface area contributed by atoms with Crippen LogP contribution < -0.4 is 4.74 Å². The van der Waals surface area contributed by atoms with Crippen molar-refractivity contribution in [3.05, 3.63) is 40.3 Å². The Morgan fingerprint density at radius 2 is 2.32 bits per heavy atom. The van der Waals surface area contributed by atoms with Crippen molar-refractivity contribution in [1.82, 2.24) is 4.90 Å². The Morgan fingerprint density at radius 3 is 3.00 bits per heavy atom. The van der Waals surface area contributed by atoms with Gasteiger partial charge < -0.3 is 4.74 Å². The highest BCUT2D eigenvalue weighted by atomic mass is 16.6. The zero-order valence-electron chi connectivity index (χ0n) is 11.3. The maximum atomic E-state index is 10.7. The van der Waals surface area contributed by atoms with Gasteiger partial charge in [-0.2, -0.15) is 0 Å². The van der Waals surface area contributed by atoms with Crippen molar-refractivity contribution in [1.29, 1.82) is 0 Å². The highest BCUT2D eigenvalue weighted by Crippen LogP contribution is 2.23. The van der Waals surface area contributed by atoms with Gasteiger partial charge in [0.05, 0.1) is 11.0 Å². The van der Waals surface area contributed by atoms with Crippen LogP contribution in [0.4, 0.5) is 5.69 Å². The molecule has 5 heteroatoms. The van der Waals surface area contributed by atoms with E-state index in [0.717, 1.165) is 26.1 Å². The third-order valence-electron chi connectivity index (χ3n) is 3.10. The smallest absolute Gasteiger partial charge is 0.273 e. The molecule has 0 saturated carbocycles. The van der Waals surface area contributed by atoms with Crippen molar-refractivity contribution >= 4 is 5.69 Å². The molecular weight excluding hydrogens is 244 g/mol. The van der Waals surface area contributed by atoms with Crippen LogP contribution >= 0.6 is 0 Å². The van der Waals surface area contributed by atoms with E-state index < -0.39 is 4.92 Å². The highest BCUT2D eigenvalue weighted by molar-refractivity contribution is 5.38. The molecule has 1 fully saturated rings. The lowest BCUT2D eigenvalue weighted by molar-refractivity contribution is -0.384. The molecule has 1 aliphatic rings. The summed E-state index contributed by atoms with van der Waals surface area (Å²) in [5.74, 6) is 1.97. The Bertz CT molecular complexity index is 448. The highest BCUT2D eigenvalue weighted by Gasteiger charge is 2.24. The summed E-state index contributed by atoms with van der Waals surface area (Å²) < 4.78 is 5.82. The first-order valence-electron chi connectivity index (χ1n) is 6.47. The second kappa shape index (κ2) is 6.02. The van der Waals surface area contributed by atoms with Crippen molar-refractivity contribution in [2.24, 2.45) is 0 Å². The SMILES string of the molecule is C[C](C)CN1CCC(Oc2cccc([N+](=O)[O-])c2)C1. The van der Waals surface area contributed by atoms with Gasteiger partial charge in [0.15, 0.2) is 0 Å². The van der Waals surface area contributed by atoms with Crippen molar-refractivity contribution in [2.75, 3.05) is 19.6 Å². The molecule has 5 nitrogen and oxygen atoms in total. The molecule has 0 aromatic heterocycles. The number of ether oxygens (including phenoxy) is 1. The van der Waals surface area contributed by atoms with Gasteiger partial charge in [0.2, 0.25) is 0 Å². The lowest BCUT2D eigenvalue weighted by atomic mass is 10.2. The van der Waals surface area contributed by atoms with Gasteiger partial charge in [-0.15, -0.1) is 0 Å². The molecule has 1 aliphatic heterocycles. The topological polar surface area (TPSA) is 55.6 Å². The number of nitrogens with zero attached hydrogens (tertiary/aromatic N) is 2. The number of nitro groups is 1. The van der Waals surface area contributed by atoms with Gasteiger partial charge in [-0.25, -0.2) is 0 Å². The Balaban J connectivity index is 1.92. The predicted octanol–water partition coefficient (Wildman–Crippen LogP) is 2.66. The minimum atomic E-state index is -0.400. The van der Waals surface area contributed by atoms with Crippen molar-refractivity contribution in [2.45, 2.75) is 26.4 Å². The first kappa shape index (κ1) is 13.8. The summed E-state index contributed by atoms with van der Waals surface area (Å²) in [7, 11) is 0. The summed E-state index contributed by atoms with van der Waals surface area (Å²) in [6.45, 7) is 7.14. The van der Waals surface area contributed by atoms with Crippen molar-refractivity contribution in [3.8, 4) is 5.75 Å². The van der Waals surface area contributed by atoms with E-state index in [0.29, 0.717) is 5.75 Å². The van der Waals surface area contributed by atoms with Crippen LogP contribution in [0.25, 0.3) is 0 Å². The quantitative estimate of drug-likeness (QED) is 0.605. The summed E-state index contributed by atoms with van der Waals surface area (Å²) in [6.07, 6.45) is 1.09. The molecule has 1 atom stereocenters. The summed E-state index contributed by atoms with van der Waals surface area (Å²) in [5.41, 5.74) is 0.0742. The molecule has 19 heavy (non-hydrogen) atoms. The van der Waals surface area contributed by atoms with Crippen molar-refractivity contribution in [3.63, 3.8) is 0 Å². The molecule has 1 heterocycles. The van der Waals surface area contributed by atoms with E-state index in [-0.39, 0.29) is 11.8 Å². The van der Waals surface area contributed by atoms with Gasteiger partial charge in [0, 0.05) is 25.7 Å². The third kappa shape index (κ3) is 3.92. The van der Waals surface area contributed by atoms with Crippen LogP contribution in [0.5, 0.6) is 5.75 Å². The van der Waals surface area contributed by atoms with Crippen LogP contribution in [0.1, 0.15) is 20.3 Å². The van der Waals surface area contributed by atoms with Gasteiger partial charge in [-0.1, -0.05) is 19.9 Å². The van der Waals surface area contributed by atoms with Crippen LogP contribution in [0.3, 0.4) is 0 Å². The molecule has 1 aromatic carbocycles. The molecule has 2 rings (SSSR count). The maximum Gasteiger partial charge on any atom is 0.273 e. The van der Waals surface area contributed by atoms with Crippen LogP contribution in [0, 0.1) is 16.0 Å². The largest absolute Gasteiger partial charge is 0.489 e. The average Bonchev–Trinajstić information content (AvgIpc) is 2.76. The van der Waals surface area contributed by atoms with Gasteiger partial charge in [0.1, 0.15) is 11.9 Å².